The highest BCUT2D eigenvalue weighted by atomic mass is 32.1. The topological polar surface area (TPSA) is 112 Å². The third kappa shape index (κ3) is 7.36. The molecular weight excluding hydrogens is 434 g/mol. The minimum absolute atomic E-state index is 0.0846. The van der Waals surface area contributed by atoms with E-state index in [9.17, 15) is 14.4 Å². The number of hydrogen-bond donors (Lipinski definition) is 4. The van der Waals surface area contributed by atoms with Gasteiger partial charge < -0.3 is 21.3 Å². The maximum atomic E-state index is 12.3. The second-order valence-corrected chi connectivity index (χ2v) is 8.26. The molecule has 0 saturated carbocycles. The molecule has 0 bridgehead atoms. The van der Waals surface area contributed by atoms with Crippen LogP contribution in [0.4, 0.5) is 21.3 Å². The van der Waals surface area contributed by atoms with Gasteiger partial charge in [0.2, 0.25) is 11.8 Å². The molecular formula is C21H21N5O3S2. The van der Waals surface area contributed by atoms with E-state index in [2.05, 4.69) is 32.8 Å². The van der Waals surface area contributed by atoms with E-state index in [0.29, 0.717) is 35.2 Å². The van der Waals surface area contributed by atoms with Gasteiger partial charge in [-0.1, -0.05) is 12.1 Å². The van der Waals surface area contributed by atoms with Crippen LogP contribution in [0.1, 0.15) is 10.6 Å². The zero-order valence-corrected chi connectivity index (χ0v) is 18.1. The Kier molecular flexibility index (Phi) is 7.91. The van der Waals surface area contributed by atoms with E-state index in [1.54, 1.807) is 35.7 Å². The molecule has 0 aliphatic heterocycles. The maximum Gasteiger partial charge on any atom is 0.319 e. The fraction of sp³-hybridized carbons (Fsp3) is 0.143. The fourth-order valence-corrected chi connectivity index (χ4v) is 3.96. The van der Waals surface area contributed by atoms with Crippen LogP contribution in [0.2, 0.25) is 0 Å². The average molecular weight is 456 g/mol. The van der Waals surface area contributed by atoms with Crippen molar-refractivity contribution in [2.45, 2.75) is 12.8 Å². The molecule has 3 aromatic rings. The highest BCUT2D eigenvalue weighted by Crippen LogP contribution is 2.18. The van der Waals surface area contributed by atoms with E-state index in [4.69, 9.17) is 0 Å². The summed E-state index contributed by atoms with van der Waals surface area (Å²) in [7, 11) is 0. The lowest BCUT2D eigenvalue weighted by Gasteiger charge is -2.08. The Bertz CT molecular complexity index is 1050. The summed E-state index contributed by atoms with van der Waals surface area (Å²) in [6, 6.07) is 10.2. The standard InChI is InChI=1S/C21H21N5O3S2/c1-2-9-22-20(29)24-15-7-5-14(6-8-15)23-18(27)11-16-13-31-21(25-16)26-19(28)12-17-4-3-10-30-17/h2-8,10,13H,1,9,11-12H2,(H,23,27)(H2,22,24,29)(H,25,26,28). The third-order valence-corrected chi connectivity index (χ3v) is 5.57. The largest absolute Gasteiger partial charge is 0.334 e. The van der Waals surface area contributed by atoms with Gasteiger partial charge in [0.15, 0.2) is 5.13 Å². The van der Waals surface area contributed by atoms with Crippen molar-refractivity contribution >= 4 is 57.0 Å². The number of anilines is 3. The number of carbonyl (C=O) groups excluding carboxylic acids is 3. The Morgan fingerprint density at radius 2 is 1.65 bits per heavy atom. The normalized spacial score (nSPS) is 10.2. The van der Waals surface area contributed by atoms with Gasteiger partial charge in [-0.3, -0.25) is 9.59 Å². The molecule has 4 amide bonds. The molecule has 0 spiro atoms. The Morgan fingerprint density at radius 1 is 0.935 bits per heavy atom. The van der Waals surface area contributed by atoms with Crippen LogP contribution in [0.5, 0.6) is 0 Å². The van der Waals surface area contributed by atoms with Crippen LogP contribution < -0.4 is 21.3 Å². The van der Waals surface area contributed by atoms with Crippen LogP contribution in [0, 0.1) is 0 Å². The molecule has 1 aromatic carbocycles. The summed E-state index contributed by atoms with van der Waals surface area (Å²) >= 11 is 2.80. The lowest BCUT2D eigenvalue weighted by Crippen LogP contribution is -2.28. The Hall–Kier alpha value is -3.50. The Morgan fingerprint density at radius 3 is 2.32 bits per heavy atom. The first-order valence-corrected chi connectivity index (χ1v) is 11.1. The van der Waals surface area contributed by atoms with Gasteiger partial charge in [-0.05, 0) is 35.7 Å². The number of thiophene rings is 1. The summed E-state index contributed by atoms with van der Waals surface area (Å²) in [5.74, 6) is -0.370. The van der Waals surface area contributed by atoms with Crippen molar-refractivity contribution in [3.05, 3.63) is 70.4 Å². The first-order valence-electron chi connectivity index (χ1n) is 9.34. The zero-order chi connectivity index (χ0) is 22.1. The number of rotatable bonds is 9. The van der Waals surface area contributed by atoms with Crippen molar-refractivity contribution in [1.82, 2.24) is 10.3 Å². The highest BCUT2D eigenvalue weighted by molar-refractivity contribution is 7.14. The number of urea groups is 1. The first-order chi connectivity index (χ1) is 15.0. The Labute approximate surface area is 187 Å². The van der Waals surface area contributed by atoms with Crippen LogP contribution in [-0.2, 0) is 22.4 Å². The summed E-state index contributed by atoms with van der Waals surface area (Å²) in [4.78, 5) is 41.2. The summed E-state index contributed by atoms with van der Waals surface area (Å²) in [5, 5.41) is 15.0. The SMILES string of the molecule is C=CCNC(=O)Nc1ccc(NC(=O)Cc2csc(NC(=O)Cc3cccs3)n2)cc1. The summed E-state index contributed by atoms with van der Waals surface area (Å²) in [6.07, 6.45) is 1.97. The minimum Gasteiger partial charge on any atom is -0.334 e. The number of aromatic nitrogens is 1. The van der Waals surface area contributed by atoms with Gasteiger partial charge >= 0.3 is 6.03 Å². The molecule has 0 aliphatic carbocycles. The van der Waals surface area contributed by atoms with Gasteiger partial charge in [0, 0.05) is 28.2 Å². The average Bonchev–Trinajstić information content (AvgIpc) is 3.40. The number of nitrogens with one attached hydrogen (secondary N) is 4. The molecule has 160 valence electrons. The second kappa shape index (κ2) is 11.0. The van der Waals surface area contributed by atoms with Gasteiger partial charge in [-0.2, -0.15) is 0 Å². The van der Waals surface area contributed by atoms with Gasteiger partial charge in [0.1, 0.15) is 0 Å². The van der Waals surface area contributed by atoms with Crippen LogP contribution >= 0.6 is 22.7 Å². The fourth-order valence-electron chi connectivity index (χ4n) is 2.53. The lowest BCUT2D eigenvalue weighted by molar-refractivity contribution is -0.116. The summed E-state index contributed by atoms with van der Waals surface area (Å²) in [6.45, 7) is 3.90. The van der Waals surface area contributed by atoms with E-state index < -0.39 is 0 Å². The molecule has 3 rings (SSSR count). The van der Waals surface area contributed by atoms with Crippen LogP contribution in [0.3, 0.4) is 0 Å². The molecule has 10 heteroatoms. The molecule has 2 heterocycles. The van der Waals surface area contributed by atoms with Crippen molar-refractivity contribution in [2.75, 3.05) is 22.5 Å². The van der Waals surface area contributed by atoms with Crippen molar-refractivity contribution in [2.24, 2.45) is 0 Å². The van der Waals surface area contributed by atoms with Crippen molar-refractivity contribution < 1.29 is 14.4 Å². The second-order valence-electron chi connectivity index (χ2n) is 6.37. The van der Waals surface area contributed by atoms with E-state index in [1.165, 1.54) is 22.7 Å². The summed E-state index contributed by atoms with van der Waals surface area (Å²) in [5.41, 5.74) is 1.77. The zero-order valence-electron chi connectivity index (χ0n) is 16.5. The molecule has 31 heavy (non-hydrogen) atoms. The lowest BCUT2D eigenvalue weighted by atomic mass is 10.2. The predicted molar refractivity (Wildman–Crippen MR) is 125 cm³/mol. The number of nitrogens with zero attached hydrogens (tertiary/aromatic N) is 1. The van der Waals surface area contributed by atoms with Gasteiger partial charge in [-0.25, -0.2) is 9.78 Å². The van der Waals surface area contributed by atoms with Gasteiger partial charge in [-0.15, -0.1) is 29.3 Å². The van der Waals surface area contributed by atoms with E-state index >= 15 is 0 Å². The summed E-state index contributed by atoms with van der Waals surface area (Å²) < 4.78 is 0. The monoisotopic (exact) mass is 455 g/mol. The Balaban J connectivity index is 1.45. The number of benzene rings is 1. The molecule has 8 nitrogen and oxygen atoms in total. The first kappa shape index (κ1) is 22.2. The number of carbonyl (C=O) groups is 3. The van der Waals surface area contributed by atoms with Crippen molar-refractivity contribution in [3.8, 4) is 0 Å². The van der Waals surface area contributed by atoms with E-state index in [1.807, 2.05) is 17.5 Å². The highest BCUT2D eigenvalue weighted by Gasteiger charge is 2.11. The van der Waals surface area contributed by atoms with Gasteiger partial charge in [0.05, 0.1) is 18.5 Å². The van der Waals surface area contributed by atoms with E-state index in [-0.39, 0.29) is 24.3 Å². The molecule has 0 radical (unpaired) electrons. The maximum absolute atomic E-state index is 12.3. The quantitative estimate of drug-likeness (QED) is 0.367. The molecule has 0 atom stereocenters. The van der Waals surface area contributed by atoms with Crippen molar-refractivity contribution in [1.29, 1.82) is 0 Å². The molecule has 0 aliphatic rings. The molecule has 0 saturated heterocycles. The van der Waals surface area contributed by atoms with Crippen LogP contribution in [0.25, 0.3) is 0 Å². The van der Waals surface area contributed by atoms with Gasteiger partial charge in [0.25, 0.3) is 0 Å². The smallest absolute Gasteiger partial charge is 0.319 e. The predicted octanol–water partition coefficient (Wildman–Crippen LogP) is 3.87. The van der Waals surface area contributed by atoms with Crippen molar-refractivity contribution in [3.63, 3.8) is 0 Å². The molecule has 0 fully saturated rings. The minimum atomic E-state index is -0.335. The van der Waals surface area contributed by atoms with Crippen LogP contribution in [0.15, 0.2) is 59.8 Å². The number of amides is 4. The molecule has 0 unspecified atom stereocenters. The van der Waals surface area contributed by atoms with E-state index in [0.717, 1.165) is 4.88 Å². The number of hydrogen-bond acceptors (Lipinski definition) is 6. The van der Waals surface area contributed by atoms with Crippen LogP contribution in [-0.4, -0.2) is 29.4 Å². The molecule has 2 aromatic heterocycles. The third-order valence-electron chi connectivity index (χ3n) is 3.89. The number of thiazole rings is 1. The molecule has 4 N–H and O–H groups in total.